The van der Waals surface area contributed by atoms with Crippen molar-refractivity contribution in [2.45, 2.75) is 13.5 Å². The Kier molecular flexibility index (Phi) is 4.51. The second kappa shape index (κ2) is 6.15. The average Bonchev–Trinajstić information content (AvgIpc) is 2.99. The van der Waals surface area contributed by atoms with E-state index in [1.165, 1.54) is 0 Å². The first-order chi connectivity index (χ1) is 9.20. The first-order valence-electron chi connectivity index (χ1n) is 5.70. The van der Waals surface area contributed by atoms with E-state index in [0.717, 1.165) is 15.9 Å². The molecule has 0 bridgehead atoms. The summed E-state index contributed by atoms with van der Waals surface area (Å²) in [5.41, 5.74) is 0.912. The Hall–Kier alpha value is -1.73. The SMILES string of the molecule is Cc1nc[n+](Cc2nc(-c3cccc(Br)c3)no2)[nH]1.[Cl-]. The Labute approximate surface area is 129 Å². The fourth-order valence-corrected chi connectivity index (χ4v) is 2.11. The van der Waals surface area contributed by atoms with Crippen molar-refractivity contribution in [3.05, 3.63) is 46.8 Å². The lowest BCUT2D eigenvalue weighted by atomic mass is 10.2. The number of rotatable bonds is 3. The van der Waals surface area contributed by atoms with Gasteiger partial charge in [0.15, 0.2) is 6.54 Å². The monoisotopic (exact) mass is 355 g/mol. The van der Waals surface area contributed by atoms with E-state index in [1.54, 1.807) is 11.0 Å². The van der Waals surface area contributed by atoms with Gasteiger partial charge in [-0.15, -0.1) is 4.68 Å². The molecule has 0 unspecified atom stereocenters. The van der Waals surface area contributed by atoms with Crippen molar-refractivity contribution in [3.8, 4) is 11.4 Å². The van der Waals surface area contributed by atoms with Gasteiger partial charge in [-0.25, -0.2) is 0 Å². The highest BCUT2D eigenvalue weighted by molar-refractivity contribution is 9.10. The smallest absolute Gasteiger partial charge is 0.307 e. The molecule has 0 saturated heterocycles. The third kappa shape index (κ3) is 3.23. The second-order valence-corrected chi connectivity index (χ2v) is 5.01. The second-order valence-electron chi connectivity index (χ2n) is 4.09. The van der Waals surface area contributed by atoms with Gasteiger partial charge < -0.3 is 16.9 Å². The predicted molar refractivity (Wildman–Crippen MR) is 70.1 cm³/mol. The van der Waals surface area contributed by atoms with Crippen LogP contribution in [0.5, 0.6) is 0 Å². The summed E-state index contributed by atoms with van der Waals surface area (Å²) in [4.78, 5) is 8.46. The quantitative estimate of drug-likeness (QED) is 0.603. The minimum absolute atomic E-state index is 0. The Balaban J connectivity index is 0.00000147. The number of nitrogens with zero attached hydrogens (tertiary/aromatic N) is 4. The van der Waals surface area contributed by atoms with E-state index in [2.05, 4.69) is 36.2 Å². The van der Waals surface area contributed by atoms with Gasteiger partial charge in [0, 0.05) is 17.0 Å². The molecule has 0 atom stereocenters. The molecule has 1 N–H and O–H groups in total. The van der Waals surface area contributed by atoms with E-state index in [9.17, 15) is 0 Å². The number of H-pyrrole nitrogens is 1. The van der Waals surface area contributed by atoms with Crippen molar-refractivity contribution in [3.63, 3.8) is 0 Å². The molecule has 6 nitrogen and oxygen atoms in total. The maximum absolute atomic E-state index is 5.23. The van der Waals surface area contributed by atoms with Gasteiger partial charge in [0.2, 0.25) is 11.6 Å². The van der Waals surface area contributed by atoms with Gasteiger partial charge in [-0.2, -0.15) is 10.1 Å². The van der Waals surface area contributed by atoms with Gasteiger partial charge >= 0.3 is 6.33 Å². The molecule has 0 saturated carbocycles. The van der Waals surface area contributed by atoms with E-state index >= 15 is 0 Å². The average molecular weight is 357 g/mol. The van der Waals surface area contributed by atoms with Crippen LogP contribution in [0.4, 0.5) is 0 Å². The molecule has 3 aromatic rings. The van der Waals surface area contributed by atoms with Crippen molar-refractivity contribution < 1.29 is 21.6 Å². The largest absolute Gasteiger partial charge is 1.00 e. The Morgan fingerprint density at radius 1 is 1.40 bits per heavy atom. The summed E-state index contributed by atoms with van der Waals surface area (Å²) >= 11 is 3.42. The molecule has 2 heterocycles. The zero-order chi connectivity index (χ0) is 13.2. The zero-order valence-electron chi connectivity index (χ0n) is 10.5. The molecule has 3 rings (SSSR count). The third-order valence-electron chi connectivity index (χ3n) is 2.55. The van der Waals surface area contributed by atoms with Gasteiger partial charge in [0.05, 0.1) is 0 Å². The summed E-state index contributed by atoms with van der Waals surface area (Å²) in [5.74, 6) is 1.95. The number of aromatic nitrogens is 5. The molecular weight excluding hydrogens is 346 g/mol. The van der Waals surface area contributed by atoms with Crippen molar-refractivity contribution in [1.29, 1.82) is 0 Å². The molecule has 0 amide bonds. The molecule has 20 heavy (non-hydrogen) atoms. The third-order valence-corrected chi connectivity index (χ3v) is 3.05. The molecule has 1 aromatic carbocycles. The first-order valence-corrected chi connectivity index (χ1v) is 6.49. The zero-order valence-corrected chi connectivity index (χ0v) is 12.9. The number of nitrogens with one attached hydrogen (secondary N) is 1. The van der Waals surface area contributed by atoms with Crippen molar-refractivity contribution in [2.24, 2.45) is 0 Å². The van der Waals surface area contributed by atoms with E-state index in [1.807, 2.05) is 31.2 Å². The van der Waals surface area contributed by atoms with Crippen LogP contribution in [-0.2, 0) is 6.54 Å². The van der Waals surface area contributed by atoms with Gasteiger partial charge in [-0.3, -0.25) is 0 Å². The Morgan fingerprint density at radius 3 is 2.95 bits per heavy atom. The van der Waals surface area contributed by atoms with Crippen LogP contribution in [0.25, 0.3) is 11.4 Å². The van der Waals surface area contributed by atoms with Gasteiger partial charge in [0.1, 0.15) is 0 Å². The van der Waals surface area contributed by atoms with Crippen molar-refractivity contribution in [1.82, 2.24) is 20.2 Å². The van der Waals surface area contributed by atoms with Crippen LogP contribution in [0.15, 0.2) is 39.6 Å². The van der Waals surface area contributed by atoms with E-state index in [0.29, 0.717) is 18.3 Å². The van der Waals surface area contributed by atoms with E-state index in [4.69, 9.17) is 4.52 Å². The highest BCUT2D eigenvalue weighted by Crippen LogP contribution is 2.20. The summed E-state index contributed by atoms with van der Waals surface area (Å²) in [7, 11) is 0. The minimum atomic E-state index is 0. The van der Waals surface area contributed by atoms with Crippen LogP contribution in [-0.4, -0.2) is 20.2 Å². The summed E-state index contributed by atoms with van der Waals surface area (Å²) in [5, 5.41) is 7.03. The van der Waals surface area contributed by atoms with Crippen LogP contribution < -0.4 is 17.1 Å². The first kappa shape index (κ1) is 14.7. The molecule has 0 radical (unpaired) electrons. The summed E-state index contributed by atoms with van der Waals surface area (Å²) in [6.07, 6.45) is 1.69. The fraction of sp³-hybridized carbons (Fsp3) is 0.167. The van der Waals surface area contributed by atoms with Crippen LogP contribution in [0, 0.1) is 6.92 Å². The molecule has 0 fully saturated rings. The Bertz CT molecular complexity index is 711. The molecule has 0 spiro atoms. The standard InChI is InChI=1S/C12H10BrN5O.ClH/c1-8-14-7-18(16-8)6-11-15-12(17-19-11)9-3-2-4-10(13)5-9;/h2-5,7H,6H2,1H3;1H. The summed E-state index contributed by atoms with van der Waals surface area (Å²) in [6.45, 7) is 2.36. The minimum Gasteiger partial charge on any atom is -1.00 e. The summed E-state index contributed by atoms with van der Waals surface area (Å²) in [6, 6.07) is 7.77. The summed E-state index contributed by atoms with van der Waals surface area (Å²) < 4.78 is 7.99. The number of aromatic amines is 1. The van der Waals surface area contributed by atoms with Gasteiger partial charge in [-0.1, -0.05) is 33.2 Å². The molecule has 2 aromatic heterocycles. The topological polar surface area (TPSA) is 71.5 Å². The van der Waals surface area contributed by atoms with Crippen LogP contribution in [0.3, 0.4) is 0 Å². The van der Waals surface area contributed by atoms with Crippen LogP contribution >= 0.6 is 15.9 Å². The van der Waals surface area contributed by atoms with E-state index in [-0.39, 0.29) is 12.4 Å². The normalized spacial score (nSPS) is 10.3. The highest BCUT2D eigenvalue weighted by Gasteiger charge is 2.13. The number of hydrogen-bond donors (Lipinski definition) is 1. The lowest BCUT2D eigenvalue weighted by Crippen LogP contribution is -3.00. The number of benzene rings is 1. The van der Waals surface area contributed by atoms with Gasteiger partial charge in [0.25, 0.3) is 5.89 Å². The van der Waals surface area contributed by atoms with Crippen LogP contribution in [0.1, 0.15) is 11.7 Å². The lowest BCUT2D eigenvalue weighted by molar-refractivity contribution is -0.745. The molecule has 8 heteroatoms. The highest BCUT2D eigenvalue weighted by atomic mass is 79.9. The molecular formula is C12H11BrClN5O. The maximum atomic E-state index is 5.23. The van der Waals surface area contributed by atoms with Crippen LogP contribution in [0.2, 0.25) is 0 Å². The van der Waals surface area contributed by atoms with Crippen molar-refractivity contribution in [2.75, 3.05) is 0 Å². The van der Waals surface area contributed by atoms with Crippen molar-refractivity contribution >= 4 is 15.9 Å². The van der Waals surface area contributed by atoms with Gasteiger partial charge in [-0.05, 0) is 17.1 Å². The number of aryl methyl sites for hydroxylation is 1. The predicted octanol–water partition coefficient (Wildman–Crippen LogP) is -1.13. The molecule has 104 valence electrons. The molecule has 0 aliphatic heterocycles. The fourth-order valence-electron chi connectivity index (χ4n) is 1.71. The molecule has 0 aliphatic carbocycles. The number of hydrogen-bond acceptors (Lipinski definition) is 4. The number of halogens is 2. The van der Waals surface area contributed by atoms with E-state index < -0.39 is 0 Å². The lowest BCUT2D eigenvalue weighted by Gasteiger charge is -1.93. The molecule has 0 aliphatic rings. The maximum Gasteiger partial charge on any atom is 0.307 e. The Morgan fingerprint density at radius 2 is 2.25 bits per heavy atom.